The molecule has 0 aromatic heterocycles. The van der Waals surface area contributed by atoms with E-state index in [0.717, 1.165) is 6.07 Å². The Hall–Kier alpha value is -2.11. The van der Waals surface area contributed by atoms with Crippen molar-refractivity contribution in [3.8, 4) is 5.75 Å². The van der Waals surface area contributed by atoms with Crippen molar-refractivity contribution in [2.75, 3.05) is 12.4 Å². The van der Waals surface area contributed by atoms with Gasteiger partial charge in [-0.1, -0.05) is 0 Å². The summed E-state index contributed by atoms with van der Waals surface area (Å²) in [5.41, 5.74) is -0.749. The van der Waals surface area contributed by atoms with E-state index in [0.29, 0.717) is 6.29 Å². The summed E-state index contributed by atoms with van der Waals surface area (Å²) in [5, 5.41) is 2.41. The van der Waals surface area contributed by atoms with Gasteiger partial charge in [0.05, 0.1) is 18.4 Å². The molecule has 0 spiro atoms. The van der Waals surface area contributed by atoms with Crippen LogP contribution in [0.2, 0.25) is 0 Å². The number of amides is 1. The molecule has 104 valence electrons. The normalized spacial score (nSPS) is 10.8. The van der Waals surface area contributed by atoms with Crippen LogP contribution in [0.5, 0.6) is 5.75 Å². The van der Waals surface area contributed by atoms with Crippen LogP contribution in [0.3, 0.4) is 0 Å². The van der Waals surface area contributed by atoms with Crippen molar-refractivity contribution in [1.82, 2.24) is 0 Å². The van der Waals surface area contributed by atoms with Gasteiger partial charge in [-0.3, -0.25) is 10.1 Å². The highest BCUT2D eigenvalue weighted by Gasteiger charge is 2.19. The van der Waals surface area contributed by atoms with Crippen LogP contribution in [0.4, 0.5) is 14.9 Å². The number of benzene rings is 1. The average Bonchev–Trinajstić information content (AvgIpc) is 2.28. The second-order valence-corrected chi connectivity index (χ2v) is 4.79. The van der Waals surface area contributed by atoms with Gasteiger partial charge in [-0.2, -0.15) is 0 Å². The molecular formula is C13H16FNO4. The van der Waals surface area contributed by atoms with Crippen molar-refractivity contribution in [3.05, 3.63) is 23.5 Å². The zero-order valence-corrected chi connectivity index (χ0v) is 11.2. The van der Waals surface area contributed by atoms with Gasteiger partial charge in [0.15, 0.2) is 12.0 Å². The maximum absolute atomic E-state index is 13.4. The fourth-order valence-electron chi connectivity index (χ4n) is 1.42. The van der Waals surface area contributed by atoms with Gasteiger partial charge in [0, 0.05) is 0 Å². The molecule has 0 fully saturated rings. The molecule has 0 aliphatic rings. The van der Waals surface area contributed by atoms with E-state index in [2.05, 4.69) is 5.32 Å². The number of hydrogen-bond acceptors (Lipinski definition) is 4. The van der Waals surface area contributed by atoms with Crippen LogP contribution in [0.1, 0.15) is 31.1 Å². The van der Waals surface area contributed by atoms with Gasteiger partial charge in [0.2, 0.25) is 0 Å². The van der Waals surface area contributed by atoms with E-state index in [1.54, 1.807) is 20.8 Å². The number of anilines is 1. The van der Waals surface area contributed by atoms with Gasteiger partial charge < -0.3 is 9.47 Å². The molecule has 0 radical (unpaired) electrons. The molecule has 0 bridgehead atoms. The third kappa shape index (κ3) is 3.94. The van der Waals surface area contributed by atoms with Crippen LogP contribution in [0.15, 0.2) is 12.1 Å². The Morgan fingerprint density at radius 3 is 2.47 bits per heavy atom. The molecule has 1 aromatic rings. The number of hydrogen-bond donors (Lipinski definition) is 1. The molecule has 5 nitrogen and oxygen atoms in total. The van der Waals surface area contributed by atoms with Crippen LogP contribution in [0.25, 0.3) is 0 Å². The van der Waals surface area contributed by atoms with E-state index in [4.69, 9.17) is 9.47 Å². The number of carbonyl (C=O) groups is 2. The maximum Gasteiger partial charge on any atom is 0.412 e. The summed E-state index contributed by atoms with van der Waals surface area (Å²) in [7, 11) is 1.28. The van der Waals surface area contributed by atoms with Crippen LogP contribution >= 0.6 is 0 Å². The summed E-state index contributed by atoms with van der Waals surface area (Å²) in [6.07, 6.45) is -0.386. The van der Waals surface area contributed by atoms with Gasteiger partial charge in [-0.15, -0.1) is 0 Å². The molecular weight excluding hydrogens is 253 g/mol. The Bertz CT molecular complexity index is 494. The minimum absolute atomic E-state index is 0.0409. The Labute approximate surface area is 110 Å². The van der Waals surface area contributed by atoms with Crippen molar-refractivity contribution < 1.29 is 23.5 Å². The first-order valence-electron chi connectivity index (χ1n) is 5.60. The van der Waals surface area contributed by atoms with E-state index >= 15 is 0 Å². The lowest BCUT2D eigenvalue weighted by atomic mass is 10.1. The van der Waals surface area contributed by atoms with Crippen LogP contribution in [0, 0.1) is 5.82 Å². The molecule has 0 heterocycles. The lowest BCUT2D eigenvalue weighted by Gasteiger charge is -2.20. The largest absolute Gasteiger partial charge is 0.494 e. The Kier molecular flexibility index (Phi) is 4.47. The van der Waals surface area contributed by atoms with Crippen molar-refractivity contribution in [3.63, 3.8) is 0 Å². The van der Waals surface area contributed by atoms with Gasteiger partial charge in [0.1, 0.15) is 11.4 Å². The lowest BCUT2D eigenvalue weighted by Crippen LogP contribution is -2.27. The smallest absolute Gasteiger partial charge is 0.412 e. The summed E-state index contributed by atoms with van der Waals surface area (Å²) >= 11 is 0. The van der Waals surface area contributed by atoms with E-state index in [-0.39, 0.29) is 17.0 Å². The van der Waals surface area contributed by atoms with Crippen molar-refractivity contribution in [2.45, 2.75) is 26.4 Å². The quantitative estimate of drug-likeness (QED) is 0.857. The average molecular weight is 269 g/mol. The first-order valence-corrected chi connectivity index (χ1v) is 5.60. The molecule has 1 rings (SSSR count). The fourth-order valence-corrected chi connectivity index (χ4v) is 1.42. The number of carbonyl (C=O) groups excluding carboxylic acids is 2. The second kappa shape index (κ2) is 5.69. The van der Waals surface area contributed by atoms with E-state index in [1.807, 2.05) is 0 Å². The maximum atomic E-state index is 13.4. The third-order valence-corrected chi connectivity index (χ3v) is 2.10. The highest BCUT2D eigenvalue weighted by atomic mass is 19.1. The summed E-state index contributed by atoms with van der Waals surface area (Å²) in [6.45, 7) is 5.14. The van der Waals surface area contributed by atoms with Crippen molar-refractivity contribution in [2.24, 2.45) is 0 Å². The van der Waals surface area contributed by atoms with Gasteiger partial charge >= 0.3 is 6.09 Å². The van der Waals surface area contributed by atoms with Crippen LogP contribution in [-0.2, 0) is 4.74 Å². The molecule has 6 heteroatoms. The molecule has 0 aliphatic heterocycles. The molecule has 1 N–H and O–H groups in total. The number of rotatable bonds is 3. The highest BCUT2D eigenvalue weighted by Crippen LogP contribution is 2.30. The first-order chi connectivity index (χ1) is 8.78. The standard InChI is InChI=1S/C13H16FNO4/c1-13(2,3)19-12(17)15-10-6-5-9(14)8(7-16)11(10)18-4/h5-7H,1-4H3,(H,15,17). The summed E-state index contributed by atoms with van der Waals surface area (Å²) in [4.78, 5) is 22.4. The van der Waals surface area contributed by atoms with Crippen LogP contribution in [-0.4, -0.2) is 25.1 Å². The van der Waals surface area contributed by atoms with E-state index in [1.165, 1.54) is 13.2 Å². The first kappa shape index (κ1) is 14.9. The molecule has 19 heavy (non-hydrogen) atoms. The number of nitrogens with one attached hydrogen (secondary N) is 1. The van der Waals surface area contributed by atoms with Gasteiger partial charge in [-0.05, 0) is 32.9 Å². The van der Waals surface area contributed by atoms with Gasteiger partial charge in [-0.25, -0.2) is 9.18 Å². The van der Waals surface area contributed by atoms with E-state index in [9.17, 15) is 14.0 Å². The molecule has 1 amide bonds. The molecule has 0 atom stereocenters. The van der Waals surface area contributed by atoms with Crippen molar-refractivity contribution in [1.29, 1.82) is 0 Å². The molecule has 0 unspecified atom stereocenters. The predicted molar refractivity (Wildman–Crippen MR) is 68.2 cm³/mol. The monoisotopic (exact) mass is 269 g/mol. The Morgan fingerprint density at radius 1 is 1.37 bits per heavy atom. The summed E-state index contributed by atoms with van der Waals surface area (Å²) in [5.74, 6) is -0.762. The minimum Gasteiger partial charge on any atom is -0.494 e. The van der Waals surface area contributed by atoms with Crippen molar-refractivity contribution >= 4 is 18.1 Å². The third-order valence-electron chi connectivity index (χ3n) is 2.10. The topological polar surface area (TPSA) is 64.6 Å². The number of aldehydes is 1. The predicted octanol–water partition coefficient (Wildman–Crippen LogP) is 2.99. The molecule has 1 aromatic carbocycles. The van der Waals surface area contributed by atoms with Crippen LogP contribution < -0.4 is 10.1 Å². The lowest BCUT2D eigenvalue weighted by molar-refractivity contribution is 0.0635. The fraction of sp³-hybridized carbons (Fsp3) is 0.385. The van der Waals surface area contributed by atoms with Gasteiger partial charge in [0.25, 0.3) is 0 Å². The number of halogens is 1. The highest BCUT2D eigenvalue weighted by molar-refractivity contribution is 5.91. The summed E-state index contributed by atoms with van der Waals surface area (Å²) in [6, 6.07) is 2.37. The Morgan fingerprint density at radius 2 is 2.00 bits per heavy atom. The summed E-state index contributed by atoms with van der Waals surface area (Å²) < 4.78 is 23.4. The second-order valence-electron chi connectivity index (χ2n) is 4.79. The molecule has 0 saturated heterocycles. The zero-order chi connectivity index (χ0) is 14.6. The van der Waals surface area contributed by atoms with E-state index < -0.39 is 17.5 Å². The SMILES string of the molecule is COc1c(NC(=O)OC(C)(C)C)ccc(F)c1C=O. The Balaban J connectivity index is 3.02. The number of ether oxygens (including phenoxy) is 2. The number of methoxy groups -OCH3 is 1. The molecule has 0 aliphatic carbocycles. The molecule has 0 saturated carbocycles. The zero-order valence-electron chi connectivity index (χ0n) is 11.2. The minimum atomic E-state index is -0.721.